The molecule has 3 rings (SSSR count). The number of hydrogen-bond acceptors (Lipinski definition) is 8. The number of methoxy groups -OCH3 is 1. The molecule has 0 fully saturated rings. The third-order valence-electron chi connectivity index (χ3n) is 4.50. The Morgan fingerprint density at radius 1 is 1.19 bits per heavy atom. The minimum Gasteiger partial charge on any atom is -0.493 e. The van der Waals surface area contributed by atoms with Crippen LogP contribution in [0.15, 0.2) is 46.4 Å². The zero-order chi connectivity index (χ0) is 26.3. The van der Waals surface area contributed by atoms with Crippen LogP contribution in [0.2, 0.25) is 0 Å². The van der Waals surface area contributed by atoms with Gasteiger partial charge in [-0.2, -0.15) is 18.4 Å². The van der Waals surface area contributed by atoms with E-state index in [1.54, 1.807) is 18.2 Å². The van der Waals surface area contributed by atoms with Gasteiger partial charge in [0.1, 0.15) is 30.6 Å². The van der Waals surface area contributed by atoms with Crippen molar-refractivity contribution >= 4 is 44.4 Å². The minimum absolute atomic E-state index is 0.151. The van der Waals surface area contributed by atoms with Crippen LogP contribution in [0.1, 0.15) is 16.1 Å². The number of nitrogens with zero attached hydrogens (tertiary/aromatic N) is 3. The van der Waals surface area contributed by atoms with Crippen molar-refractivity contribution in [2.75, 3.05) is 25.6 Å². The van der Waals surface area contributed by atoms with Crippen LogP contribution in [-0.4, -0.2) is 36.4 Å². The monoisotopic (exact) mass is 582 g/mol. The molecular formula is C23H18BrF3N4O4S. The third kappa shape index (κ3) is 6.96. The number of alkyl halides is 3. The Morgan fingerprint density at radius 2 is 1.92 bits per heavy atom. The van der Waals surface area contributed by atoms with Gasteiger partial charge >= 0.3 is 6.18 Å². The molecule has 3 aromatic rings. The summed E-state index contributed by atoms with van der Waals surface area (Å²) in [6, 6.07) is 12.4. The van der Waals surface area contributed by atoms with E-state index in [4.69, 9.17) is 14.2 Å². The van der Waals surface area contributed by atoms with Crippen molar-refractivity contribution in [1.29, 1.82) is 5.26 Å². The van der Waals surface area contributed by atoms with Crippen LogP contribution in [0.3, 0.4) is 0 Å². The number of carbonyl (C=O) groups excluding carboxylic acids is 1. The van der Waals surface area contributed by atoms with Crippen molar-refractivity contribution in [2.45, 2.75) is 13.1 Å². The Balaban J connectivity index is 1.70. The van der Waals surface area contributed by atoms with Crippen molar-refractivity contribution in [2.24, 2.45) is 0 Å². The molecule has 2 aromatic carbocycles. The molecule has 8 nitrogen and oxygen atoms in total. The lowest BCUT2D eigenvalue weighted by Crippen LogP contribution is -2.13. The van der Waals surface area contributed by atoms with Crippen LogP contribution in [0.25, 0.3) is 6.08 Å². The van der Waals surface area contributed by atoms with Gasteiger partial charge in [0.05, 0.1) is 11.6 Å². The molecule has 0 atom stereocenters. The number of anilines is 1. The highest BCUT2D eigenvalue weighted by atomic mass is 79.9. The van der Waals surface area contributed by atoms with Crippen LogP contribution in [0, 0.1) is 18.3 Å². The summed E-state index contributed by atoms with van der Waals surface area (Å²) in [5.41, 5.74) is 1.03. The smallest absolute Gasteiger partial charge is 0.445 e. The number of halogens is 4. The zero-order valence-electron chi connectivity index (χ0n) is 18.9. The lowest BCUT2D eigenvalue weighted by Gasteiger charge is -2.14. The van der Waals surface area contributed by atoms with E-state index in [9.17, 15) is 23.2 Å². The van der Waals surface area contributed by atoms with Crippen molar-refractivity contribution in [3.8, 4) is 23.3 Å². The van der Waals surface area contributed by atoms with Crippen LogP contribution in [0.5, 0.6) is 17.2 Å². The summed E-state index contributed by atoms with van der Waals surface area (Å²) in [6.45, 7) is 2.43. The maximum Gasteiger partial charge on any atom is 0.445 e. The highest BCUT2D eigenvalue weighted by Gasteiger charge is 2.35. The molecule has 0 saturated carbocycles. The summed E-state index contributed by atoms with van der Waals surface area (Å²) in [6.07, 6.45) is -3.44. The van der Waals surface area contributed by atoms with E-state index in [-0.39, 0.29) is 35.3 Å². The average Bonchev–Trinajstić information content (AvgIpc) is 3.31. The molecule has 0 aliphatic heterocycles. The molecule has 0 aliphatic rings. The fourth-order valence-electron chi connectivity index (χ4n) is 2.84. The van der Waals surface area contributed by atoms with Crippen molar-refractivity contribution in [3.63, 3.8) is 0 Å². The molecule has 1 aromatic heterocycles. The third-order valence-corrected chi connectivity index (χ3v) is 5.97. The second-order valence-electron chi connectivity index (χ2n) is 7.03. The second kappa shape index (κ2) is 11.9. The molecule has 1 N–H and O–H groups in total. The predicted octanol–water partition coefficient (Wildman–Crippen LogP) is 5.64. The molecule has 0 radical (unpaired) electrons. The van der Waals surface area contributed by atoms with Crippen LogP contribution >= 0.6 is 27.3 Å². The van der Waals surface area contributed by atoms with Gasteiger partial charge in [-0.3, -0.25) is 10.1 Å². The maximum atomic E-state index is 12.7. The normalized spacial score (nSPS) is 11.5. The van der Waals surface area contributed by atoms with E-state index < -0.39 is 17.1 Å². The molecule has 0 saturated heterocycles. The summed E-state index contributed by atoms with van der Waals surface area (Å²) in [5.74, 6) is 0.520. The predicted molar refractivity (Wildman–Crippen MR) is 130 cm³/mol. The van der Waals surface area contributed by atoms with Crippen LogP contribution < -0.4 is 19.5 Å². The van der Waals surface area contributed by atoms with E-state index in [1.807, 2.05) is 31.2 Å². The van der Waals surface area contributed by atoms with E-state index >= 15 is 0 Å². The van der Waals surface area contributed by atoms with E-state index in [0.717, 1.165) is 11.3 Å². The largest absolute Gasteiger partial charge is 0.493 e. The van der Waals surface area contributed by atoms with Gasteiger partial charge in [-0.05, 0) is 58.3 Å². The fourth-order valence-corrected chi connectivity index (χ4v) is 4.03. The Bertz CT molecular complexity index is 1320. The van der Waals surface area contributed by atoms with Gasteiger partial charge in [0.2, 0.25) is 10.1 Å². The SMILES string of the molecule is COc1cc(/C=C(/C#N)C(=O)Nc2nnc(C(F)(F)F)s2)cc(Br)c1OCCOc1ccccc1C. The summed E-state index contributed by atoms with van der Waals surface area (Å²) in [4.78, 5) is 12.4. The molecule has 36 heavy (non-hydrogen) atoms. The summed E-state index contributed by atoms with van der Waals surface area (Å²) >= 11 is 3.54. The van der Waals surface area contributed by atoms with E-state index in [1.165, 1.54) is 13.2 Å². The number of ether oxygens (including phenoxy) is 3. The fraction of sp³-hybridized carbons (Fsp3) is 0.217. The van der Waals surface area contributed by atoms with Crippen molar-refractivity contribution in [3.05, 3.63) is 62.6 Å². The number of amides is 1. The van der Waals surface area contributed by atoms with Crippen LogP contribution in [-0.2, 0) is 11.0 Å². The lowest BCUT2D eigenvalue weighted by atomic mass is 10.1. The van der Waals surface area contributed by atoms with Crippen LogP contribution in [0.4, 0.5) is 18.3 Å². The van der Waals surface area contributed by atoms with Gasteiger partial charge in [0.15, 0.2) is 11.5 Å². The lowest BCUT2D eigenvalue weighted by molar-refractivity contribution is -0.138. The first kappa shape index (κ1) is 27.0. The van der Waals surface area contributed by atoms with Gasteiger partial charge in [-0.15, -0.1) is 10.2 Å². The van der Waals surface area contributed by atoms with Crippen molar-refractivity contribution < 1.29 is 32.2 Å². The van der Waals surface area contributed by atoms with Gasteiger partial charge in [0.25, 0.3) is 5.91 Å². The summed E-state index contributed by atoms with van der Waals surface area (Å²) in [5, 5.41) is 16.2. The minimum atomic E-state index is -4.69. The maximum absolute atomic E-state index is 12.7. The summed E-state index contributed by atoms with van der Waals surface area (Å²) in [7, 11) is 1.43. The van der Waals surface area contributed by atoms with Gasteiger partial charge < -0.3 is 14.2 Å². The Morgan fingerprint density at radius 3 is 2.56 bits per heavy atom. The van der Waals surface area contributed by atoms with Gasteiger partial charge in [-0.1, -0.05) is 29.5 Å². The first-order chi connectivity index (χ1) is 17.1. The molecule has 0 spiro atoms. The Labute approximate surface area is 216 Å². The molecule has 188 valence electrons. The molecule has 0 unspecified atom stereocenters. The number of hydrogen-bond donors (Lipinski definition) is 1. The highest BCUT2D eigenvalue weighted by molar-refractivity contribution is 9.10. The van der Waals surface area contributed by atoms with E-state index in [2.05, 4.69) is 31.4 Å². The zero-order valence-corrected chi connectivity index (χ0v) is 21.3. The number of nitriles is 1. The van der Waals surface area contributed by atoms with Gasteiger partial charge in [-0.25, -0.2) is 0 Å². The number of carbonyl (C=O) groups is 1. The number of aromatic nitrogens is 2. The number of benzene rings is 2. The molecule has 0 bridgehead atoms. The Hall–Kier alpha value is -3.63. The van der Waals surface area contributed by atoms with Gasteiger partial charge in [0, 0.05) is 0 Å². The molecule has 1 amide bonds. The topological polar surface area (TPSA) is 106 Å². The number of para-hydroxylation sites is 1. The number of rotatable bonds is 9. The van der Waals surface area contributed by atoms with E-state index in [0.29, 0.717) is 21.5 Å². The highest BCUT2D eigenvalue weighted by Crippen LogP contribution is 2.37. The average molecular weight is 583 g/mol. The summed E-state index contributed by atoms with van der Waals surface area (Å²) < 4.78 is 55.4. The first-order valence-corrected chi connectivity index (χ1v) is 11.8. The Kier molecular flexibility index (Phi) is 8.89. The van der Waals surface area contributed by atoms with Crippen molar-refractivity contribution in [1.82, 2.24) is 10.2 Å². The molecular weight excluding hydrogens is 565 g/mol. The second-order valence-corrected chi connectivity index (χ2v) is 8.86. The number of nitrogens with one attached hydrogen (secondary N) is 1. The first-order valence-electron chi connectivity index (χ1n) is 10.1. The standard InChI is InChI=1S/C23H18BrF3N4O4S/c1-13-5-3-4-6-17(13)34-7-8-35-19-16(24)10-14(11-18(19)33-2)9-15(12-28)20(32)29-22-31-30-21(36-22)23(25,26)27/h3-6,9-11H,7-8H2,1-2H3,(H,29,31,32)/b15-9-. The number of aryl methyl sites for hydroxylation is 1. The molecule has 1 heterocycles. The molecule has 0 aliphatic carbocycles. The quantitative estimate of drug-likeness (QED) is 0.198. The molecule has 13 heteroatoms.